The minimum Gasteiger partial charge on any atom is -0.250 e. The number of hydrogen-bond acceptors (Lipinski definition) is 4. The zero-order valence-corrected chi connectivity index (χ0v) is 13.6. The topological polar surface area (TPSA) is 46.0 Å². The van der Waals surface area contributed by atoms with Gasteiger partial charge in [-0.2, -0.15) is 14.9 Å². The fourth-order valence-corrected chi connectivity index (χ4v) is 2.57. The second-order valence-electron chi connectivity index (χ2n) is 4.55. The number of thioether (sulfide) groups is 1. The van der Waals surface area contributed by atoms with Crippen LogP contribution in [-0.4, -0.2) is 27.3 Å². The standard InChI is InChI=1S/C16H14N4S2/c1-22-14-9-7-12(8-10-14)11-17-20-15(18-19-16(20)21)13-5-3-2-4-6-13/h2-11H,1H3,(H,19,21)/b17-11-. The Morgan fingerprint density at radius 2 is 1.86 bits per heavy atom. The van der Waals surface area contributed by atoms with Crippen molar-refractivity contribution in [1.82, 2.24) is 14.9 Å². The van der Waals surface area contributed by atoms with Crippen molar-refractivity contribution in [2.75, 3.05) is 6.26 Å². The summed E-state index contributed by atoms with van der Waals surface area (Å²) in [5, 5.41) is 11.5. The molecule has 110 valence electrons. The fraction of sp³-hybridized carbons (Fsp3) is 0.0625. The molecule has 3 aromatic rings. The highest BCUT2D eigenvalue weighted by atomic mass is 32.2. The molecule has 0 atom stereocenters. The van der Waals surface area contributed by atoms with Crippen molar-refractivity contribution in [3.63, 3.8) is 0 Å². The zero-order chi connectivity index (χ0) is 15.4. The largest absolute Gasteiger partial charge is 0.250 e. The molecule has 0 unspecified atom stereocenters. The van der Waals surface area contributed by atoms with Gasteiger partial charge in [0, 0.05) is 10.5 Å². The molecule has 1 N–H and O–H groups in total. The minimum atomic E-state index is 0.468. The summed E-state index contributed by atoms with van der Waals surface area (Å²) in [6, 6.07) is 18.0. The van der Waals surface area contributed by atoms with Crippen molar-refractivity contribution in [3.05, 3.63) is 64.9 Å². The summed E-state index contributed by atoms with van der Waals surface area (Å²) in [5.41, 5.74) is 1.98. The average molecular weight is 326 g/mol. The Bertz CT molecular complexity index is 833. The number of benzene rings is 2. The lowest BCUT2D eigenvalue weighted by Gasteiger charge is -2.01. The molecule has 0 radical (unpaired) electrons. The fourth-order valence-electron chi connectivity index (χ4n) is 1.99. The van der Waals surface area contributed by atoms with Crippen LogP contribution >= 0.6 is 24.0 Å². The highest BCUT2D eigenvalue weighted by molar-refractivity contribution is 7.98. The van der Waals surface area contributed by atoms with Gasteiger partial charge in [0.15, 0.2) is 5.82 Å². The molecule has 0 saturated heterocycles. The third kappa shape index (κ3) is 3.18. The molecule has 0 aliphatic rings. The molecular weight excluding hydrogens is 312 g/mol. The van der Waals surface area contributed by atoms with Crippen LogP contribution in [0.25, 0.3) is 11.4 Å². The maximum Gasteiger partial charge on any atom is 0.216 e. The number of nitrogens with one attached hydrogen (secondary N) is 1. The molecule has 0 aliphatic carbocycles. The number of aromatic amines is 1. The van der Waals surface area contributed by atoms with E-state index in [1.165, 1.54) is 4.90 Å². The van der Waals surface area contributed by atoms with Crippen molar-refractivity contribution >= 4 is 30.2 Å². The van der Waals surface area contributed by atoms with Crippen LogP contribution in [0.2, 0.25) is 0 Å². The summed E-state index contributed by atoms with van der Waals surface area (Å²) in [6.07, 6.45) is 3.84. The van der Waals surface area contributed by atoms with Crippen molar-refractivity contribution in [3.8, 4) is 11.4 Å². The molecule has 6 heteroatoms. The van der Waals surface area contributed by atoms with Gasteiger partial charge >= 0.3 is 0 Å². The van der Waals surface area contributed by atoms with Gasteiger partial charge in [0.2, 0.25) is 4.77 Å². The van der Waals surface area contributed by atoms with Gasteiger partial charge in [-0.05, 0) is 36.2 Å². The number of rotatable bonds is 4. The van der Waals surface area contributed by atoms with Gasteiger partial charge in [0.1, 0.15) is 0 Å². The first-order chi connectivity index (χ1) is 10.8. The first-order valence-corrected chi connectivity index (χ1v) is 8.32. The Morgan fingerprint density at radius 1 is 1.14 bits per heavy atom. The van der Waals surface area contributed by atoms with Crippen LogP contribution in [0.1, 0.15) is 5.56 Å². The van der Waals surface area contributed by atoms with Crippen LogP contribution in [0.5, 0.6) is 0 Å². The SMILES string of the molecule is CSc1ccc(/C=N\n2c(-c3ccccc3)n[nH]c2=S)cc1. The van der Waals surface area contributed by atoms with Crippen molar-refractivity contribution in [1.29, 1.82) is 0 Å². The summed E-state index contributed by atoms with van der Waals surface area (Å²) < 4.78 is 2.10. The zero-order valence-electron chi connectivity index (χ0n) is 11.9. The van der Waals surface area contributed by atoms with Gasteiger partial charge < -0.3 is 0 Å². The Labute approximate surface area is 137 Å². The smallest absolute Gasteiger partial charge is 0.216 e. The van der Waals surface area contributed by atoms with Crippen LogP contribution in [0.4, 0.5) is 0 Å². The third-order valence-corrected chi connectivity index (χ3v) is 4.13. The molecule has 0 saturated carbocycles. The molecule has 1 aromatic heterocycles. The van der Waals surface area contributed by atoms with Crippen molar-refractivity contribution < 1.29 is 0 Å². The normalized spacial score (nSPS) is 11.1. The summed E-state index contributed by atoms with van der Waals surface area (Å²) in [4.78, 5) is 1.22. The lowest BCUT2D eigenvalue weighted by atomic mass is 10.2. The van der Waals surface area contributed by atoms with E-state index in [9.17, 15) is 0 Å². The lowest BCUT2D eigenvalue weighted by molar-refractivity contribution is 0.871. The van der Waals surface area contributed by atoms with Gasteiger partial charge in [-0.1, -0.05) is 42.5 Å². The monoisotopic (exact) mass is 326 g/mol. The summed E-state index contributed by atoms with van der Waals surface area (Å²) in [7, 11) is 0. The minimum absolute atomic E-state index is 0.468. The molecule has 1 heterocycles. The second-order valence-corrected chi connectivity index (χ2v) is 5.81. The predicted octanol–water partition coefficient (Wildman–Crippen LogP) is 4.21. The molecule has 0 bridgehead atoms. The second kappa shape index (κ2) is 6.72. The number of H-pyrrole nitrogens is 1. The maximum absolute atomic E-state index is 5.26. The van der Waals surface area contributed by atoms with Crippen LogP contribution in [0, 0.1) is 4.77 Å². The van der Waals surface area contributed by atoms with E-state index in [1.54, 1.807) is 22.7 Å². The third-order valence-electron chi connectivity index (χ3n) is 3.12. The summed E-state index contributed by atoms with van der Waals surface area (Å²) in [6.45, 7) is 0. The molecule has 0 fully saturated rings. The van der Waals surface area contributed by atoms with E-state index in [4.69, 9.17) is 12.2 Å². The van der Waals surface area contributed by atoms with Crippen molar-refractivity contribution in [2.45, 2.75) is 4.90 Å². The van der Waals surface area contributed by atoms with E-state index in [0.29, 0.717) is 10.6 Å². The Morgan fingerprint density at radius 3 is 2.55 bits per heavy atom. The van der Waals surface area contributed by atoms with Gasteiger partial charge in [-0.15, -0.1) is 11.8 Å². The maximum atomic E-state index is 5.26. The molecule has 4 nitrogen and oxygen atoms in total. The van der Waals surface area contributed by atoms with Crippen LogP contribution in [0.3, 0.4) is 0 Å². The van der Waals surface area contributed by atoms with E-state index < -0.39 is 0 Å². The molecule has 3 rings (SSSR count). The van der Waals surface area contributed by atoms with Crippen molar-refractivity contribution in [2.24, 2.45) is 5.10 Å². The first-order valence-electron chi connectivity index (χ1n) is 6.69. The van der Waals surface area contributed by atoms with Crippen LogP contribution in [-0.2, 0) is 0 Å². The molecule has 0 amide bonds. The summed E-state index contributed by atoms with van der Waals surface area (Å²) in [5.74, 6) is 0.697. The molecule has 0 aliphatic heterocycles. The van der Waals surface area contributed by atoms with E-state index in [2.05, 4.69) is 33.7 Å². The van der Waals surface area contributed by atoms with Crippen LogP contribution < -0.4 is 0 Å². The Hall–Kier alpha value is -2.18. The Balaban J connectivity index is 1.93. The van der Waals surface area contributed by atoms with Gasteiger partial charge in [-0.25, -0.2) is 5.10 Å². The average Bonchev–Trinajstić information content (AvgIpc) is 2.95. The van der Waals surface area contributed by atoms with E-state index in [1.807, 2.05) is 42.5 Å². The number of nitrogens with zero attached hydrogens (tertiary/aromatic N) is 3. The van der Waals surface area contributed by atoms with E-state index >= 15 is 0 Å². The molecule has 2 aromatic carbocycles. The predicted molar refractivity (Wildman–Crippen MR) is 94.1 cm³/mol. The summed E-state index contributed by atoms with van der Waals surface area (Å²) >= 11 is 6.97. The highest BCUT2D eigenvalue weighted by Gasteiger charge is 2.06. The van der Waals surface area contributed by atoms with E-state index in [0.717, 1.165) is 11.1 Å². The van der Waals surface area contributed by atoms with Crippen LogP contribution in [0.15, 0.2) is 64.6 Å². The highest BCUT2D eigenvalue weighted by Crippen LogP contribution is 2.17. The Kier molecular flexibility index (Phi) is 4.50. The molecule has 22 heavy (non-hydrogen) atoms. The van der Waals surface area contributed by atoms with E-state index in [-0.39, 0.29) is 0 Å². The molecular formula is C16H14N4S2. The van der Waals surface area contributed by atoms with Gasteiger partial charge in [0.25, 0.3) is 0 Å². The van der Waals surface area contributed by atoms with Gasteiger partial charge in [-0.3, -0.25) is 0 Å². The lowest BCUT2D eigenvalue weighted by Crippen LogP contribution is -1.94. The molecule has 0 spiro atoms. The van der Waals surface area contributed by atoms with Gasteiger partial charge in [0.05, 0.1) is 6.21 Å². The quantitative estimate of drug-likeness (QED) is 0.444. The number of hydrogen-bond donors (Lipinski definition) is 1. The number of aromatic nitrogens is 3. The first kappa shape index (κ1) is 14.7.